The number of hydrogen-bond donors (Lipinski definition) is 1. The molecule has 0 aliphatic rings. The molecule has 0 radical (unpaired) electrons. The SMILES string of the molecule is CCc1nn(C)c(CC(N)c2cccc(Cl)c2Cl)c1Cl. The molecule has 0 aliphatic carbocycles. The van der Waals surface area contributed by atoms with Crippen LogP contribution in [0.15, 0.2) is 18.2 Å². The molecule has 0 fully saturated rings. The van der Waals surface area contributed by atoms with Crippen LogP contribution in [-0.2, 0) is 19.9 Å². The van der Waals surface area contributed by atoms with Gasteiger partial charge in [0.25, 0.3) is 0 Å². The molecule has 6 heteroatoms. The quantitative estimate of drug-likeness (QED) is 0.912. The number of nitrogens with two attached hydrogens (primary N) is 1. The van der Waals surface area contributed by atoms with Crippen LogP contribution in [0.1, 0.15) is 29.9 Å². The van der Waals surface area contributed by atoms with E-state index in [1.165, 1.54) is 0 Å². The number of rotatable bonds is 4. The Hall–Kier alpha value is -0.740. The fourth-order valence-electron chi connectivity index (χ4n) is 2.17. The van der Waals surface area contributed by atoms with Crippen LogP contribution in [0.3, 0.4) is 0 Å². The Labute approximate surface area is 133 Å². The van der Waals surface area contributed by atoms with Gasteiger partial charge in [0.1, 0.15) is 0 Å². The van der Waals surface area contributed by atoms with Crippen LogP contribution < -0.4 is 5.73 Å². The van der Waals surface area contributed by atoms with Crippen molar-refractivity contribution in [3.8, 4) is 0 Å². The van der Waals surface area contributed by atoms with Crippen LogP contribution in [0.25, 0.3) is 0 Å². The number of hydrogen-bond acceptors (Lipinski definition) is 2. The van der Waals surface area contributed by atoms with E-state index in [4.69, 9.17) is 40.5 Å². The molecule has 2 aromatic rings. The zero-order valence-corrected chi connectivity index (χ0v) is 13.6. The van der Waals surface area contributed by atoms with Gasteiger partial charge in [-0.05, 0) is 18.1 Å². The van der Waals surface area contributed by atoms with Gasteiger partial charge in [-0.25, -0.2) is 0 Å². The van der Waals surface area contributed by atoms with Crippen LogP contribution in [-0.4, -0.2) is 9.78 Å². The number of nitrogens with zero attached hydrogens (tertiary/aromatic N) is 2. The summed E-state index contributed by atoms with van der Waals surface area (Å²) in [5, 5.41) is 6.07. The predicted octanol–water partition coefficient (Wildman–Crippen LogP) is 4.19. The maximum absolute atomic E-state index is 6.33. The Morgan fingerprint density at radius 2 is 1.95 bits per heavy atom. The molecule has 0 bridgehead atoms. The van der Waals surface area contributed by atoms with Crippen LogP contribution >= 0.6 is 34.8 Å². The van der Waals surface area contributed by atoms with Gasteiger partial charge in [0.15, 0.2) is 0 Å². The van der Waals surface area contributed by atoms with Crippen molar-refractivity contribution in [3.63, 3.8) is 0 Å². The third-order valence-electron chi connectivity index (χ3n) is 3.30. The molecule has 1 atom stereocenters. The zero-order chi connectivity index (χ0) is 14.9. The highest BCUT2D eigenvalue weighted by molar-refractivity contribution is 6.42. The average molecular weight is 333 g/mol. The summed E-state index contributed by atoms with van der Waals surface area (Å²) >= 11 is 18.6. The van der Waals surface area contributed by atoms with Crippen LogP contribution in [0, 0.1) is 0 Å². The lowest BCUT2D eigenvalue weighted by molar-refractivity contribution is 0.638. The molecule has 3 nitrogen and oxygen atoms in total. The van der Waals surface area contributed by atoms with Crippen molar-refractivity contribution in [2.24, 2.45) is 12.8 Å². The van der Waals surface area contributed by atoms with E-state index < -0.39 is 0 Å². The van der Waals surface area contributed by atoms with Crippen LogP contribution in [0.5, 0.6) is 0 Å². The molecular formula is C14H16Cl3N3. The number of aromatic nitrogens is 2. The highest BCUT2D eigenvalue weighted by Gasteiger charge is 2.19. The van der Waals surface area contributed by atoms with Gasteiger partial charge in [-0.2, -0.15) is 5.10 Å². The molecule has 1 heterocycles. The van der Waals surface area contributed by atoms with Gasteiger partial charge in [0.05, 0.1) is 26.5 Å². The first-order chi connectivity index (χ1) is 9.45. The van der Waals surface area contributed by atoms with Crippen molar-refractivity contribution in [3.05, 3.63) is 50.2 Å². The van der Waals surface area contributed by atoms with E-state index in [1.807, 2.05) is 26.1 Å². The summed E-state index contributed by atoms with van der Waals surface area (Å²) in [6.07, 6.45) is 1.35. The molecule has 0 spiro atoms. The van der Waals surface area contributed by atoms with E-state index in [0.29, 0.717) is 21.5 Å². The number of halogens is 3. The maximum Gasteiger partial charge on any atom is 0.0850 e. The molecule has 1 unspecified atom stereocenters. The molecule has 0 aliphatic heterocycles. The van der Waals surface area contributed by atoms with E-state index in [9.17, 15) is 0 Å². The Balaban J connectivity index is 2.30. The molecule has 0 saturated carbocycles. The van der Waals surface area contributed by atoms with E-state index in [1.54, 1.807) is 10.7 Å². The van der Waals surface area contributed by atoms with Gasteiger partial charge in [-0.15, -0.1) is 0 Å². The second-order valence-corrected chi connectivity index (χ2v) is 5.80. The second kappa shape index (κ2) is 6.35. The number of benzene rings is 1. The Kier molecular flexibility index (Phi) is 4.97. The van der Waals surface area contributed by atoms with Gasteiger partial charge in [-0.3, -0.25) is 4.68 Å². The minimum absolute atomic E-state index is 0.279. The highest BCUT2D eigenvalue weighted by Crippen LogP contribution is 2.32. The standard InChI is InChI=1S/C14H16Cl3N3/c1-3-11-14(17)12(20(2)19-11)7-10(18)8-5-4-6-9(15)13(8)16/h4-6,10H,3,7,18H2,1-2H3. The van der Waals surface area contributed by atoms with E-state index in [2.05, 4.69) is 5.10 Å². The summed E-state index contributed by atoms with van der Waals surface area (Å²) in [5.41, 5.74) is 8.85. The lowest BCUT2D eigenvalue weighted by atomic mass is 10.0. The molecule has 2 N–H and O–H groups in total. The molecule has 108 valence electrons. The van der Waals surface area contributed by atoms with E-state index in [-0.39, 0.29) is 6.04 Å². The number of aryl methyl sites for hydroxylation is 2. The molecule has 20 heavy (non-hydrogen) atoms. The Morgan fingerprint density at radius 1 is 1.25 bits per heavy atom. The minimum Gasteiger partial charge on any atom is -0.324 e. The summed E-state index contributed by atoms with van der Waals surface area (Å²) in [4.78, 5) is 0. The third-order valence-corrected chi connectivity index (χ3v) is 4.57. The summed E-state index contributed by atoms with van der Waals surface area (Å²) in [5.74, 6) is 0. The lowest BCUT2D eigenvalue weighted by Gasteiger charge is -2.15. The van der Waals surface area contributed by atoms with Crippen molar-refractivity contribution >= 4 is 34.8 Å². The third kappa shape index (κ3) is 2.96. The summed E-state index contributed by atoms with van der Waals surface area (Å²) in [6, 6.07) is 5.18. The maximum atomic E-state index is 6.33. The van der Waals surface area contributed by atoms with E-state index in [0.717, 1.165) is 23.4 Å². The highest BCUT2D eigenvalue weighted by atomic mass is 35.5. The Bertz CT molecular complexity index is 622. The van der Waals surface area contributed by atoms with Crippen molar-refractivity contribution in [2.45, 2.75) is 25.8 Å². The minimum atomic E-state index is -0.279. The van der Waals surface area contributed by atoms with Gasteiger partial charge in [0, 0.05) is 19.5 Å². The van der Waals surface area contributed by atoms with Crippen molar-refractivity contribution in [2.75, 3.05) is 0 Å². The van der Waals surface area contributed by atoms with Crippen molar-refractivity contribution in [1.29, 1.82) is 0 Å². The van der Waals surface area contributed by atoms with Gasteiger partial charge in [0.2, 0.25) is 0 Å². The van der Waals surface area contributed by atoms with Crippen LogP contribution in [0.2, 0.25) is 15.1 Å². The predicted molar refractivity (Wildman–Crippen MR) is 84.7 cm³/mol. The van der Waals surface area contributed by atoms with Gasteiger partial charge < -0.3 is 5.73 Å². The summed E-state index contributed by atoms with van der Waals surface area (Å²) < 4.78 is 1.78. The van der Waals surface area contributed by atoms with Crippen molar-refractivity contribution in [1.82, 2.24) is 9.78 Å². The fourth-order valence-corrected chi connectivity index (χ4v) is 2.99. The summed E-state index contributed by atoms with van der Waals surface area (Å²) in [6.45, 7) is 2.02. The van der Waals surface area contributed by atoms with Crippen molar-refractivity contribution < 1.29 is 0 Å². The topological polar surface area (TPSA) is 43.8 Å². The smallest absolute Gasteiger partial charge is 0.0850 e. The first kappa shape index (κ1) is 15.6. The summed E-state index contributed by atoms with van der Waals surface area (Å²) in [7, 11) is 1.87. The van der Waals surface area contributed by atoms with Gasteiger partial charge >= 0.3 is 0 Å². The van der Waals surface area contributed by atoms with E-state index >= 15 is 0 Å². The average Bonchev–Trinajstić information content (AvgIpc) is 2.69. The molecule has 1 aromatic heterocycles. The Morgan fingerprint density at radius 3 is 2.55 bits per heavy atom. The van der Waals surface area contributed by atoms with Gasteiger partial charge in [-0.1, -0.05) is 53.9 Å². The largest absolute Gasteiger partial charge is 0.324 e. The molecule has 1 aromatic carbocycles. The first-order valence-corrected chi connectivity index (χ1v) is 7.48. The first-order valence-electron chi connectivity index (χ1n) is 6.35. The van der Waals surface area contributed by atoms with Crippen LogP contribution in [0.4, 0.5) is 0 Å². The second-order valence-electron chi connectivity index (χ2n) is 4.64. The molecule has 2 rings (SSSR count). The molecule has 0 saturated heterocycles. The zero-order valence-electron chi connectivity index (χ0n) is 11.3. The normalized spacial score (nSPS) is 12.7. The monoisotopic (exact) mass is 331 g/mol. The molecular weight excluding hydrogens is 317 g/mol. The lowest BCUT2D eigenvalue weighted by Crippen LogP contribution is -2.16. The molecule has 0 amide bonds. The fraction of sp³-hybridized carbons (Fsp3) is 0.357.